The number of hydrogen-bond acceptors (Lipinski definition) is 5. The molecule has 0 aliphatic heterocycles. The van der Waals surface area contributed by atoms with Gasteiger partial charge in [-0.1, -0.05) is 6.08 Å². The molecule has 0 aliphatic rings. The molecule has 23 heavy (non-hydrogen) atoms. The number of phenolic OH excluding ortho intramolecular Hbond substituents is 3. The quantitative estimate of drug-likeness (QED) is 0.646. The van der Waals surface area contributed by atoms with E-state index in [0.717, 1.165) is 6.07 Å². The molecule has 0 bridgehead atoms. The van der Waals surface area contributed by atoms with Crippen molar-refractivity contribution in [2.24, 2.45) is 0 Å². The maximum atomic E-state index is 12.4. The van der Waals surface area contributed by atoms with Crippen LogP contribution >= 0.6 is 0 Å². The van der Waals surface area contributed by atoms with Crippen molar-refractivity contribution in [3.8, 4) is 28.6 Å². The van der Waals surface area contributed by atoms with Crippen molar-refractivity contribution in [1.82, 2.24) is 0 Å². The maximum Gasteiger partial charge on any atom is 0.197 e. The first kappa shape index (κ1) is 14.7. The van der Waals surface area contributed by atoms with Gasteiger partial charge >= 0.3 is 0 Å². The predicted octanol–water partition coefficient (Wildman–Crippen LogP) is 3.31. The van der Waals surface area contributed by atoms with Crippen LogP contribution in [-0.4, -0.2) is 15.3 Å². The van der Waals surface area contributed by atoms with Crippen LogP contribution < -0.4 is 5.43 Å². The molecule has 5 nitrogen and oxygen atoms in total. The summed E-state index contributed by atoms with van der Waals surface area (Å²) in [4.78, 5) is 12.4. The van der Waals surface area contributed by atoms with Crippen LogP contribution in [0.15, 0.2) is 58.3 Å². The number of aromatic hydroxyl groups is 3. The summed E-state index contributed by atoms with van der Waals surface area (Å²) in [5.74, 6) is -0.130. The number of phenols is 3. The highest BCUT2D eigenvalue weighted by molar-refractivity contribution is 5.89. The van der Waals surface area contributed by atoms with Crippen LogP contribution in [0.4, 0.5) is 0 Å². The Morgan fingerprint density at radius 1 is 1.04 bits per heavy atom. The fourth-order valence-electron chi connectivity index (χ4n) is 2.46. The highest BCUT2D eigenvalue weighted by Crippen LogP contribution is 2.35. The lowest BCUT2D eigenvalue weighted by atomic mass is 10.0. The Morgan fingerprint density at radius 3 is 2.39 bits per heavy atom. The van der Waals surface area contributed by atoms with Crippen LogP contribution in [0.5, 0.6) is 17.2 Å². The van der Waals surface area contributed by atoms with Gasteiger partial charge in [-0.3, -0.25) is 4.79 Å². The Balaban J connectivity index is 2.35. The van der Waals surface area contributed by atoms with Crippen molar-refractivity contribution >= 4 is 11.0 Å². The number of hydrogen-bond donors (Lipinski definition) is 3. The molecule has 2 aromatic carbocycles. The van der Waals surface area contributed by atoms with Crippen LogP contribution in [0.1, 0.15) is 5.56 Å². The molecule has 3 N–H and O–H groups in total. The second-order valence-corrected chi connectivity index (χ2v) is 5.11. The Hall–Kier alpha value is -3.21. The number of rotatable bonds is 3. The van der Waals surface area contributed by atoms with Gasteiger partial charge in [0.15, 0.2) is 5.43 Å². The summed E-state index contributed by atoms with van der Waals surface area (Å²) in [6, 6.07) is 8.56. The summed E-state index contributed by atoms with van der Waals surface area (Å²) in [6.45, 7) is 3.62. The van der Waals surface area contributed by atoms with Crippen molar-refractivity contribution in [1.29, 1.82) is 0 Å². The van der Waals surface area contributed by atoms with Crippen LogP contribution in [0, 0.1) is 0 Å². The SMILES string of the molecule is C=CCc1c(O)cc(O)c2c(=O)cc(-c3ccc(O)cc3)oc12. The van der Waals surface area contributed by atoms with Gasteiger partial charge in [-0.2, -0.15) is 0 Å². The van der Waals surface area contributed by atoms with Crippen molar-refractivity contribution in [2.75, 3.05) is 0 Å². The second kappa shape index (κ2) is 5.53. The molecule has 116 valence electrons. The normalized spacial score (nSPS) is 10.8. The summed E-state index contributed by atoms with van der Waals surface area (Å²) in [5.41, 5.74) is 0.676. The van der Waals surface area contributed by atoms with Crippen molar-refractivity contribution < 1.29 is 19.7 Å². The summed E-state index contributed by atoms with van der Waals surface area (Å²) < 4.78 is 5.76. The van der Waals surface area contributed by atoms with Crippen LogP contribution in [0.2, 0.25) is 0 Å². The molecule has 0 saturated carbocycles. The van der Waals surface area contributed by atoms with E-state index in [1.165, 1.54) is 18.2 Å². The molecular formula is C18H14O5. The zero-order valence-corrected chi connectivity index (χ0v) is 12.1. The smallest absolute Gasteiger partial charge is 0.197 e. The summed E-state index contributed by atoms with van der Waals surface area (Å²) in [5, 5.41) is 29.3. The molecule has 0 amide bonds. The van der Waals surface area contributed by atoms with E-state index in [2.05, 4.69) is 6.58 Å². The van der Waals surface area contributed by atoms with Gasteiger partial charge in [-0.25, -0.2) is 0 Å². The Labute approximate surface area is 131 Å². The lowest BCUT2D eigenvalue weighted by molar-refractivity contribution is 0.448. The first-order valence-electron chi connectivity index (χ1n) is 6.93. The Morgan fingerprint density at radius 2 is 1.74 bits per heavy atom. The van der Waals surface area contributed by atoms with Crippen molar-refractivity contribution in [3.05, 3.63) is 64.8 Å². The van der Waals surface area contributed by atoms with E-state index < -0.39 is 5.43 Å². The van der Waals surface area contributed by atoms with E-state index in [-0.39, 0.29) is 40.4 Å². The molecule has 3 rings (SSSR count). The van der Waals surface area contributed by atoms with E-state index in [4.69, 9.17) is 4.42 Å². The minimum absolute atomic E-state index is 0.0159. The second-order valence-electron chi connectivity index (χ2n) is 5.11. The van der Waals surface area contributed by atoms with Gasteiger partial charge in [-0.05, 0) is 30.7 Å². The zero-order valence-electron chi connectivity index (χ0n) is 12.1. The van der Waals surface area contributed by atoms with Gasteiger partial charge in [0.05, 0.1) is 0 Å². The molecule has 0 saturated heterocycles. The fourth-order valence-corrected chi connectivity index (χ4v) is 2.46. The van der Waals surface area contributed by atoms with E-state index in [9.17, 15) is 20.1 Å². The molecule has 0 unspecified atom stereocenters. The third kappa shape index (κ3) is 2.53. The Bertz CT molecular complexity index is 952. The molecular weight excluding hydrogens is 296 g/mol. The van der Waals surface area contributed by atoms with Gasteiger partial charge in [0.25, 0.3) is 0 Å². The average Bonchev–Trinajstić information content (AvgIpc) is 2.51. The first-order valence-corrected chi connectivity index (χ1v) is 6.93. The van der Waals surface area contributed by atoms with Crippen LogP contribution in [-0.2, 0) is 6.42 Å². The first-order chi connectivity index (χ1) is 11.0. The molecule has 1 aromatic heterocycles. The molecule has 5 heteroatoms. The van der Waals surface area contributed by atoms with Crippen molar-refractivity contribution in [3.63, 3.8) is 0 Å². The highest BCUT2D eigenvalue weighted by atomic mass is 16.3. The van der Waals surface area contributed by atoms with Crippen LogP contribution in [0.25, 0.3) is 22.3 Å². The number of allylic oxidation sites excluding steroid dienone is 1. The number of fused-ring (bicyclic) bond motifs is 1. The topological polar surface area (TPSA) is 90.9 Å². The minimum atomic E-state index is -0.419. The fraction of sp³-hybridized carbons (Fsp3) is 0.0556. The van der Waals surface area contributed by atoms with E-state index in [1.54, 1.807) is 18.2 Å². The van der Waals surface area contributed by atoms with Gasteiger partial charge in [0, 0.05) is 23.3 Å². The molecule has 0 atom stereocenters. The zero-order chi connectivity index (χ0) is 16.6. The molecule has 0 aliphatic carbocycles. The molecule has 3 aromatic rings. The standard InChI is InChI=1S/C18H14O5/c1-2-3-12-13(20)8-14(21)17-15(22)9-16(23-18(12)17)10-4-6-11(19)7-5-10/h2,4-9,19-21H,1,3H2. The van der Waals surface area contributed by atoms with E-state index >= 15 is 0 Å². The lowest BCUT2D eigenvalue weighted by Crippen LogP contribution is -2.03. The third-order valence-electron chi connectivity index (χ3n) is 3.56. The Kier molecular flexibility index (Phi) is 3.54. The van der Waals surface area contributed by atoms with Crippen molar-refractivity contribution in [2.45, 2.75) is 6.42 Å². The van der Waals surface area contributed by atoms with E-state index in [1.807, 2.05) is 0 Å². The largest absolute Gasteiger partial charge is 0.508 e. The van der Waals surface area contributed by atoms with Gasteiger partial charge in [0.1, 0.15) is 34.0 Å². The van der Waals surface area contributed by atoms with Crippen LogP contribution in [0.3, 0.4) is 0 Å². The minimum Gasteiger partial charge on any atom is -0.508 e. The van der Waals surface area contributed by atoms with Gasteiger partial charge < -0.3 is 19.7 Å². The monoisotopic (exact) mass is 310 g/mol. The number of benzene rings is 2. The highest BCUT2D eigenvalue weighted by Gasteiger charge is 2.17. The molecule has 0 fully saturated rings. The third-order valence-corrected chi connectivity index (χ3v) is 3.56. The molecule has 0 spiro atoms. The predicted molar refractivity (Wildman–Crippen MR) is 86.8 cm³/mol. The van der Waals surface area contributed by atoms with Gasteiger partial charge in [-0.15, -0.1) is 6.58 Å². The maximum absolute atomic E-state index is 12.4. The lowest BCUT2D eigenvalue weighted by Gasteiger charge is -2.10. The molecule has 1 heterocycles. The molecule has 0 radical (unpaired) electrons. The van der Waals surface area contributed by atoms with E-state index in [0.29, 0.717) is 11.1 Å². The van der Waals surface area contributed by atoms with Gasteiger partial charge in [0.2, 0.25) is 0 Å². The summed E-state index contributed by atoms with van der Waals surface area (Å²) in [7, 11) is 0. The average molecular weight is 310 g/mol. The summed E-state index contributed by atoms with van der Waals surface area (Å²) in [6.07, 6.45) is 1.85. The summed E-state index contributed by atoms with van der Waals surface area (Å²) >= 11 is 0.